The van der Waals surface area contributed by atoms with Gasteiger partial charge in [0.2, 0.25) is 0 Å². The predicted octanol–water partition coefficient (Wildman–Crippen LogP) is 1.93. The quantitative estimate of drug-likeness (QED) is 0.792. The Labute approximate surface area is 85.5 Å². The van der Waals surface area contributed by atoms with Crippen molar-refractivity contribution >= 4 is 0 Å². The summed E-state index contributed by atoms with van der Waals surface area (Å²) in [4.78, 5) is 0. The van der Waals surface area contributed by atoms with E-state index in [0.717, 1.165) is 6.54 Å². The van der Waals surface area contributed by atoms with Gasteiger partial charge in [-0.2, -0.15) is 5.10 Å². The molecule has 0 amide bonds. The third-order valence-corrected chi connectivity index (χ3v) is 3.14. The first-order chi connectivity index (χ1) is 6.83. The van der Waals surface area contributed by atoms with E-state index in [9.17, 15) is 0 Å². The SMILES string of the molecule is CNCC(C)c1ccnn1C1CCC1. The number of nitrogens with zero attached hydrogens (tertiary/aromatic N) is 2. The second-order valence-corrected chi connectivity index (χ2v) is 4.24. The average molecular weight is 193 g/mol. The van der Waals surface area contributed by atoms with Crippen molar-refractivity contribution in [1.82, 2.24) is 15.1 Å². The van der Waals surface area contributed by atoms with Gasteiger partial charge in [0.1, 0.15) is 0 Å². The van der Waals surface area contributed by atoms with E-state index in [1.165, 1.54) is 25.0 Å². The van der Waals surface area contributed by atoms with Crippen molar-refractivity contribution in [3.8, 4) is 0 Å². The van der Waals surface area contributed by atoms with Gasteiger partial charge in [0.15, 0.2) is 0 Å². The molecule has 1 aliphatic rings. The molecule has 0 aromatic carbocycles. The van der Waals surface area contributed by atoms with Gasteiger partial charge in [-0.25, -0.2) is 0 Å². The van der Waals surface area contributed by atoms with Crippen LogP contribution in [0.2, 0.25) is 0 Å². The fraction of sp³-hybridized carbons (Fsp3) is 0.727. The highest BCUT2D eigenvalue weighted by atomic mass is 15.3. The monoisotopic (exact) mass is 193 g/mol. The lowest BCUT2D eigenvalue weighted by Crippen LogP contribution is -2.24. The van der Waals surface area contributed by atoms with Gasteiger partial charge < -0.3 is 5.32 Å². The zero-order valence-electron chi connectivity index (χ0n) is 9.03. The molecule has 1 aliphatic carbocycles. The lowest BCUT2D eigenvalue weighted by Gasteiger charge is -2.28. The number of hydrogen-bond acceptors (Lipinski definition) is 2. The first kappa shape index (κ1) is 9.71. The molecule has 3 nitrogen and oxygen atoms in total. The molecule has 1 fully saturated rings. The number of likely N-dealkylation sites (N-methyl/N-ethyl adjacent to an activating group) is 1. The van der Waals surface area contributed by atoms with E-state index in [4.69, 9.17) is 0 Å². The predicted molar refractivity (Wildman–Crippen MR) is 57.5 cm³/mol. The Morgan fingerprint density at radius 3 is 3.00 bits per heavy atom. The second-order valence-electron chi connectivity index (χ2n) is 4.24. The van der Waals surface area contributed by atoms with Crippen LogP contribution in [-0.2, 0) is 0 Å². The van der Waals surface area contributed by atoms with Gasteiger partial charge in [-0.05, 0) is 32.4 Å². The third-order valence-electron chi connectivity index (χ3n) is 3.14. The molecule has 78 valence electrons. The Morgan fingerprint density at radius 1 is 1.64 bits per heavy atom. The minimum atomic E-state index is 0.558. The highest BCUT2D eigenvalue weighted by molar-refractivity contribution is 5.09. The topological polar surface area (TPSA) is 29.9 Å². The largest absolute Gasteiger partial charge is 0.319 e. The third kappa shape index (κ3) is 1.69. The van der Waals surface area contributed by atoms with Gasteiger partial charge in [0.05, 0.1) is 6.04 Å². The summed E-state index contributed by atoms with van der Waals surface area (Å²) in [6.07, 6.45) is 5.91. The van der Waals surface area contributed by atoms with Gasteiger partial charge in [-0.1, -0.05) is 6.92 Å². The van der Waals surface area contributed by atoms with E-state index in [0.29, 0.717) is 12.0 Å². The molecule has 0 aliphatic heterocycles. The van der Waals surface area contributed by atoms with Crippen molar-refractivity contribution in [2.45, 2.75) is 38.1 Å². The van der Waals surface area contributed by atoms with Gasteiger partial charge in [-0.3, -0.25) is 4.68 Å². The van der Waals surface area contributed by atoms with E-state index in [2.05, 4.69) is 28.1 Å². The minimum Gasteiger partial charge on any atom is -0.319 e. The minimum absolute atomic E-state index is 0.558. The van der Waals surface area contributed by atoms with Crippen molar-refractivity contribution in [3.63, 3.8) is 0 Å². The van der Waals surface area contributed by atoms with Crippen LogP contribution in [0.4, 0.5) is 0 Å². The molecule has 1 aromatic heterocycles. The van der Waals surface area contributed by atoms with Crippen molar-refractivity contribution in [2.24, 2.45) is 0 Å². The Hall–Kier alpha value is -0.830. The fourth-order valence-electron chi connectivity index (χ4n) is 2.06. The lowest BCUT2D eigenvalue weighted by molar-refractivity contribution is 0.278. The molecule has 3 heteroatoms. The Morgan fingerprint density at radius 2 is 2.43 bits per heavy atom. The highest BCUT2D eigenvalue weighted by Crippen LogP contribution is 2.33. The summed E-state index contributed by atoms with van der Waals surface area (Å²) in [6, 6.07) is 2.83. The molecule has 0 bridgehead atoms. The molecule has 1 heterocycles. The number of nitrogens with one attached hydrogen (secondary N) is 1. The molecule has 14 heavy (non-hydrogen) atoms. The summed E-state index contributed by atoms with van der Waals surface area (Å²) < 4.78 is 2.23. The molecular formula is C11H19N3. The Kier molecular flexibility index (Phi) is 2.87. The summed E-state index contributed by atoms with van der Waals surface area (Å²) in [5.41, 5.74) is 1.38. The Bertz CT molecular complexity index is 288. The van der Waals surface area contributed by atoms with E-state index < -0.39 is 0 Å². The van der Waals surface area contributed by atoms with E-state index in [-0.39, 0.29) is 0 Å². The number of rotatable bonds is 4. The molecule has 1 saturated carbocycles. The van der Waals surface area contributed by atoms with Crippen molar-refractivity contribution in [3.05, 3.63) is 18.0 Å². The molecule has 1 N–H and O–H groups in total. The first-order valence-electron chi connectivity index (χ1n) is 5.51. The first-order valence-corrected chi connectivity index (χ1v) is 5.51. The van der Waals surface area contributed by atoms with Gasteiger partial charge >= 0.3 is 0 Å². The van der Waals surface area contributed by atoms with Crippen LogP contribution >= 0.6 is 0 Å². The van der Waals surface area contributed by atoms with Crippen molar-refractivity contribution in [1.29, 1.82) is 0 Å². The zero-order chi connectivity index (χ0) is 9.97. The Balaban J connectivity index is 2.11. The molecule has 1 aromatic rings. The average Bonchev–Trinajstić information content (AvgIpc) is 2.50. The summed E-state index contributed by atoms with van der Waals surface area (Å²) in [5.74, 6) is 0.558. The van der Waals surface area contributed by atoms with E-state index >= 15 is 0 Å². The van der Waals surface area contributed by atoms with E-state index in [1.54, 1.807) is 0 Å². The maximum atomic E-state index is 4.43. The summed E-state index contributed by atoms with van der Waals surface area (Å²) in [5, 5.41) is 7.65. The summed E-state index contributed by atoms with van der Waals surface area (Å²) in [7, 11) is 2.00. The van der Waals surface area contributed by atoms with Crippen LogP contribution in [0.3, 0.4) is 0 Å². The molecule has 0 saturated heterocycles. The standard InChI is InChI=1S/C11H19N3/c1-9(8-12-2)11-6-7-13-14(11)10-4-3-5-10/h6-7,9-10,12H,3-5,8H2,1-2H3. The molecule has 1 atom stereocenters. The number of aromatic nitrogens is 2. The summed E-state index contributed by atoms with van der Waals surface area (Å²) in [6.45, 7) is 3.28. The van der Waals surface area contributed by atoms with Crippen LogP contribution in [0.25, 0.3) is 0 Å². The van der Waals surface area contributed by atoms with Crippen LogP contribution in [0.15, 0.2) is 12.3 Å². The number of hydrogen-bond donors (Lipinski definition) is 1. The second kappa shape index (κ2) is 4.13. The van der Waals surface area contributed by atoms with Crippen LogP contribution in [-0.4, -0.2) is 23.4 Å². The van der Waals surface area contributed by atoms with Gasteiger partial charge in [-0.15, -0.1) is 0 Å². The van der Waals surface area contributed by atoms with Crippen LogP contribution < -0.4 is 5.32 Å². The fourth-order valence-corrected chi connectivity index (χ4v) is 2.06. The maximum Gasteiger partial charge on any atom is 0.0522 e. The van der Waals surface area contributed by atoms with Gasteiger partial charge in [0, 0.05) is 24.4 Å². The van der Waals surface area contributed by atoms with Gasteiger partial charge in [0.25, 0.3) is 0 Å². The smallest absolute Gasteiger partial charge is 0.0522 e. The van der Waals surface area contributed by atoms with Crippen LogP contribution in [0.1, 0.15) is 43.8 Å². The molecule has 0 radical (unpaired) electrons. The maximum absolute atomic E-state index is 4.43. The summed E-state index contributed by atoms with van der Waals surface area (Å²) >= 11 is 0. The van der Waals surface area contributed by atoms with Crippen molar-refractivity contribution < 1.29 is 0 Å². The molecule has 0 spiro atoms. The molecular weight excluding hydrogens is 174 g/mol. The van der Waals surface area contributed by atoms with Crippen LogP contribution in [0, 0.1) is 0 Å². The molecule has 2 rings (SSSR count). The molecule has 1 unspecified atom stereocenters. The van der Waals surface area contributed by atoms with E-state index in [1.807, 2.05) is 13.2 Å². The highest BCUT2D eigenvalue weighted by Gasteiger charge is 2.23. The normalized spacial score (nSPS) is 19.3. The zero-order valence-corrected chi connectivity index (χ0v) is 9.03. The van der Waals surface area contributed by atoms with Crippen LogP contribution in [0.5, 0.6) is 0 Å². The van der Waals surface area contributed by atoms with Crippen molar-refractivity contribution in [2.75, 3.05) is 13.6 Å². The lowest BCUT2D eigenvalue weighted by atomic mass is 9.92.